The van der Waals surface area contributed by atoms with Crippen LogP contribution in [-0.4, -0.2) is 25.6 Å². The molecule has 0 fully saturated rings. The van der Waals surface area contributed by atoms with Gasteiger partial charge in [0.2, 0.25) is 0 Å². The number of benzene rings is 1. The molecule has 0 aliphatic carbocycles. The highest BCUT2D eigenvalue weighted by Gasteiger charge is 2.31. The normalized spacial score (nSPS) is 11.9. The van der Waals surface area contributed by atoms with Gasteiger partial charge in [-0.15, -0.1) is 13.2 Å². The maximum atomic E-state index is 12.1. The fourth-order valence-electron chi connectivity index (χ4n) is 1.76. The Kier molecular flexibility index (Phi) is 7.53. The van der Waals surface area contributed by atoms with Crippen LogP contribution in [-0.2, 0) is 11.3 Å². The molecular weight excluding hydrogens is 283 g/mol. The summed E-state index contributed by atoms with van der Waals surface area (Å²) in [7, 11) is 0. The van der Waals surface area contributed by atoms with Gasteiger partial charge in [-0.25, -0.2) is 0 Å². The van der Waals surface area contributed by atoms with Crippen molar-refractivity contribution in [1.82, 2.24) is 5.32 Å². The third kappa shape index (κ3) is 9.31. The molecule has 0 unspecified atom stereocenters. The summed E-state index contributed by atoms with van der Waals surface area (Å²) in [5, 5.41) is 3.19. The molecule has 1 rings (SSSR count). The van der Waals surface area contributed by atoms with Crippen LogP contribution >= 0.6 is 0 Å². The van der Waals surface area contributed by atoms with Crippen LogP contribution in [0.2, 0.25) is 0 Å². The van der Waals surface area contributed by atoms with E-state index in [4.69, 9.17) is 4.74 Å². The minimum absolute atomic E-state index is 0.188. The maximum absolute atomic E-state index is 12.1. The molecule has 0 aliphatic heterocycles. The van der Waals surface area contributed by atoms with Crippen LogP contribution in [0.5, 0.6) is 5.75 Å². The van der Waals surface area contributed by atoms with Crippen molar-refractivity contribution in [3.63, 3.8) is 0 Å². The Balaban J connectivity index is 2.22. The van der Waals surface area contributed by atoms with Crippen LogP contribution in [0, 0.1) is 0 Å². The van der Waals surface area contributed by atoms with E-state index in [2.05, 4.69) is 10.1 Å². The molecule has 0 heterocycles. The zero-order valence-corrected chi connectivity index (χ0v) is 12.4. The first-order chi connectivity index (χ1) is 9.87. The van der Waals surface area contributed by atoms with E-state index >= 15 is 0 Å². The number of halogens is 3. The molecule has 1 aromatic rings. The first-order valence-corrected chi connectivity index (χ1v) is 7.04. The van der Waals surface area contributed by atoms with Crippen molar-refractivity contribution in [3.8, 4) is 5.75 Å². The molecule has 0 aromatic heterocycles. The highest BCUT2D eigenvalue weighted by atomic mass is 19.4. The molecule has 0 aliphatic rings. The molecular formula is C15H22F3NO2. The van der Waals surface area contributed by atoms with E-state index in [-0.39, 0.29) is 11.9 Å². The fraction of sp³-hybridized carbons (Fsp3) is 0.600. The Morgan fingerprint density at radius 1 is 1.19 bits per heavy atom. The third-order valence-corrected chi connectivity index (χ3v) is 2.66. The summed E-state index contributed by atoms with van der Waals surface area (Å²) in [6, 6.07) is 6.00. The van der Waals surface area contributed by atoms with E-state index in [0.29, 0.717) is 6.54 Å². The van der Waals surface area contributed by atoms with E-state index in [9.17, 15) is 13.2 Å². The van der Waals surface area contributed by atoms with Gasteiger partial charge < -0.3 is 14.8 Å². The molecule has 0 bridgehead atoms. The number of alkyl halides is 3. The molecule has 0 radical (unpaired) electrons. The summed E-state index contributed by atoms with van der Waals surface area (Å²) in [6.07, 6.45) is -2.48. The van der Waals surface area contributed by atoms with Crippen LogP contribution in [0.15, 0.2) is 24.3 Å². The Hall–Kier alpha value is -1.27. The number of hydrogen-bond donors (Lipinski definition) is 1. The second kappa shape index (κ2) is 8.89. The van der Waals surface area contributed by atoms with E-state index in [0.717, 1.165) is 31.6 Å². The predicted molar refractivity (Wildman–Crippen MR) is 75.2 cm³/mol. The molecule has 3 nitrogen and oxygen atoms in total. The topological polar surface area (TPSA) is 30.5 Å². The van der Waals surface area contributed by atoms with Crippen molar-refractivity contribution in [3.05, 3.63) is 29.8 Å². The molecule has 21 heavy (non-hydrogen) atoms. The largest absolute Gasteiger partial charge is 0.573 e. The van der Waals surface area contributed by atoms with Crippen molar-refractivity contribution >= 4 is 0 Å². The van der Waals surface area contributed by atoms with Crippen LogP contribution in [0.25, 0.3) is 0 Å². The Labute approximate surface area is 123 Å². The first-order valence-electron chi connectivity index (χ1n) is 7.04. The van der Waals surface area contributed by atoms with E-state index in [1.807, 2.05) is 13.8 Å². The number of rotatable bonds is 9. The Bertz CT molecular complexity index is 408. The molecule has 1 N–H and O–H groups in total. The molecule has 1 aromatic carbocycles. The highest BCUT2D eigenvalue weighted by Crippen LogP contribution is 2.23. The lowest BCUT2D eigenvalue weighted by atomic mass is 10.2. The molecule has 0 atom stereocenters. The number of ether oxygens (including phenoxy) is 2. The molecule has 6 heteroatoms. The van der Waals surface area contributed by atoms with Crippen LogP contribution in [0.1, 0.15) is 32.3 Å². The summed E-state index contributed by atoms with van der Waals surface area (Å²) >= 11 is 0. The van der Waals surface area contributed by atoms with Gasteiger partial charge in [0.25, 0.3) is 0 Å². The quantitative estimate of drug-likeness (QED) is 0.702. The van der Waals surface area contributed by atoms with Crippen molar-refractivity contribution in [2.24, 2.45) is 0 Å². The van der Waals surface area contributed by atoms with Crippen molar-refractivity contribution in [1.29, 1.82) is 0 Å². The molecule has 0 amide bonds. The summed E-state index contributed by atoms with van der Waals surface area (Å²) in [5.74, 6) is -0.188. The van der Waals surface area contributed by atoms with Crippen LogP contribution in [0.4, 0.5) is 13.2 Å². The smallest absolute Gasteiger partial charge is 0.406 e. The summed E-state index contributed by atoms with van der Waals surface area (Å²) in [4.78, 5) is 0. The monoisotopic (exact) mass is 305 g/mol. The lowest BCUT2D eigenvalue weighted by molar-refractivity contribution is -0.274. The average molecular weight is 305 g/mol. The van der Waals surface area contributed by atoms with Gasteiger partial charge in [0, 0.05) is 13.2 Å². The van der Waals surface area contributed by atoms with Gasteiger partial charge in [-0.2, -0.15) is 0 Å². The third-order valence-electron chi connectivity index (χ3n) is 2.66. The highest BCUT2D eigenvalue weighted by molar-refractivity contribution is 5.28. The minimum atomic E-state index is -4.65. The van der Waals surface area contributed by atoms with Crippen molar-refractivity contribution < 1.29 is 22.6 Å². The van der Waals surface area contributed by atoms with Gasteiger partial charge in [-0.3, -0.25) is 0 Å². The van der Waals surface area contributed by atoms with Crippen molar-refractivity contribution in [2.75, 3.05) is 13.2 Å². The maximum Gasteiger partial charge on any atom is 0.573 e. The second-order valence-electron chi connectivity index (χ2n) is 5.00. The zero-order chi connectivity index (χ0) is 15.7. The SMILES string of the molecule is CC(C)OCCCCNCc1cccc(OC(F)(F)F)c1. The van der Waals surface area contributed by atoms with Gasteiger partial charge in [0.15, 0.2) is 0 Å². The van der Waals surface area contributed by atoms with Crippen LogP contribution in [0.3, 0.4) is 0 Å². The number of nitrogens with one attached hydrogen (secondary N) is 1. The predicted octanol–water partition coefficient (Wildman–Crippen LogP) is 3.88. The van der Waals surface area contributed by atoms with E-state index in [1.54, 1.807) is 12.1 Å². The molecule has 120 valence electrons. The Morgan fingerprint density at radius 3 is 2.62 bits per heavy atom. The van der Waals surface area contributed by atoms with E-state index in [1.165, 1.54) is 12.1 Å². The fourth-order valence-corrected chi connectivity index (χ4v) is 1.76. The standard InChI is InChI=1S/C15H22F3NO2/c1-12(2)20-9-4-3-8-19-11-13-6-5-7-14(10-13)21-15(16,17)18/h5-7,10,12,19H,3-4,8-9,11H2,1-2H3. The minimum Gasteiger partial charge on any atom is -0.406 e. The van der Waals surface area contributed by atoms with Crippen molar-refractivity contribution in [2.45, 2.75) is 45.7 Å². The summed E-state index contributed by atoms with van der Waals surface area (Å²) in [6.45, 7) is 6.03. The Morgan fingerprint density at radius 2 is 1.95 bits per heavy atom. The number of hydrogen-bond acceptors (Lipinski definition) is 3. The van der Waals surface area contributed by atoms with Gasteiger partial charge in [0.05, 0.1) is 6.10 Å². The first kappa shape index (κ1) is 17.8. The van der Waals surface area contributed by atoms with Gasteiger partial charge >= 0.3 is 6.36 Å². The second-order valence-corrected chi connectivity index (χ2v) is 5.00. The lowest BCUT2D eigenvalue weighted by Crippen LogP contribution is -2.18. The molecule has 0 saturated carbocycles. The summed E-state index contributed by atoms with van der Waals surface area (Å²) in [5.41, 5.74) is 0.759. The van der Waals surface area contributed by atoms with E-state index < -0.39 is 6.36 Å². The zero-order valence-electron chi connectivity index (χ0n) is 12.4. The summed E-state index contributed by atoms with van der Waals surface area (Å²) < 4.78 is 45.6. The number of unbranched alkanes of at least 4 members (excludes halogenated alkanes) is 1. The van der Waals surface area contributed by atoms with Gasteiger partial charge in [-0.1, -0.05) is 12.1 Å². The van der Waals surface area contributed by atoms with Crippen LogP contribution < -0.4 is 10.1 Å². The molecule has 0 spiro atoms. The average Bonchev–Trinajstić information content (AvgIpc) is 2.35. The lowest BCUT2D eigenvalue weighted by Gasteiger charge is -2.11. The molecule has 0 saturated heterocycles. The van der Waals surface area contributed by atoms with Gasteiger partial charge in [0.1, 0.15) is 5.75 Å². The van der Waals surface area contributed by atoms with Gasteiger partial charge in [-0.05, 0) is 50.9 Å².